The number of methoxy groups -OCH3 is 1. The van der Waals surface area contributed by atoms with E-state index in [-0.39, 0.29) is 5.97 Å². The van der Waals surface area contributed by atoms with Crippen LogP contribution in [-0.4, -0.2) is 23.2 Å². The number of esters is 1. The van der Waals surface area contributed by atoms with Gasteiger partial charge in [0.15, 0.2) is 0 Å². The highest BCUT2D eigenvalue weighted by Gasteiger charge is 2.35. The van der Waals surface area contributed by atoms with E-state index in [1.54, 1.807) is 6.07 Å². The number of hydrogen-bond acceptors (Lipinski definition) is 3. The molecule has 0 bridgehead atoms. The van der Waals surface area contributed by atoms with Crippen LogP contribution in [0.3, 0.4) is 0 Å². The molecule has 2 aromatic rings. The molecule has 1 aliphatic rings. The van der Waals surface area contributed by atoms with Crippen molar-refractivity contribution < 1.29 is 14.6 Å². The van der Waals surface area contributed by atoms with Gasteiger partial charge in [0, 0.05) is 10.9 Å². The van der Waals surface area contributed by atoms with Crippen molar-refractivity contribution in [3.63, 3.8) is 0 Å². The van der Waals surface area contributed by atoms with E-state index in [4.69, 9.17) is 4.74 Å². The van der Waals surface area contributed by atoms with Gasteiger partial charge in [-0.25, -0.2) is 4.79 Å². The van der Waals surface area contributed by atoms with Gasteiger partial charge in [0.2, 0.25) is 0 Å². The van der Waals surface area contributed by atoms with E-state index in [1.807, 2.05) is 12.1 Å². The molecule has 1 aliphatic carbocycles. The fraction of sp³-hybridized carbons (Fsp3) is 0.500. The van der Waals surface area contributed by atoms with Gasteiger partial charge in [0.05, 0.1) is 18.4 Å². The molecule has 1 aromatic carbocycles. The Balaban J connectivity index is 2.12. The first-order valence-corrected chi connectivity index (χ1v) is 8.05. The number of benzene rings is 1. The van der Waals surface area contributed by atoms with Crippen molar-refractivity contribution in [2.24, 2.45) is 0 Å². The number of ether oxygens (including phenoxy) is 1. The van der Waals surface area contributed by atoms with E-state index in [1.165, 1.54) is 13.5 Å². The molecule has 4 heteroatoms. The molecular formula is C18H23NO3. The molecule has 3 rings (SSSR count). The quantitative estimate of drug-likeness (QED) is 0.850. The molecule has 0 aliphatic heterocycles. The van der Waals surface area contributed by atoms with Gasteiger partial charge in [-0.2, -0.15) is 0 Å². The highest BCUT2D eigenvalue weighted by Crippen LogP contribution is 2.40. The average Bonchev–Trinajstić information content (AvgIpc) is 2.93. The maximum absolute atomic E-state index is 11.7. The molecule has 0 amide bonds. The normalized spacial score (nSPS) is 17.6. The summed E-state index contributed by atoms with van der Waals surface area (Å²) in [7, 11) is 1.38. The van der Waals surface area contributed by atoms with Gasteiger partial charge in [0.1, 0.15) is 5.60 Å². The summed E-state index contributed by atoms with van der Waals surface area (Å²) < 4.78 is 4.78. The maximum Gasteiger partial charge on any atom is 0.337 e. The van der Waals surface area contributed by atoms with Gasteiger partial charge in [-0.3, -0.25) is 0 Å². The molecule has 0 atom stereocenters. The Morgan fingerprint density at radius 2 is 2.05 bits per heavy atom. The number of carbonyl (C=O) groups excluding carboxylic acids is 1. The van der Waals surface area contributed by atoms with Gasteiger partial charge in [0.25, 0.3) is 0 Å². The molecule has 22 heavy (non-hydrogen) atoms. The summed E-state index contributed by atoms with van der Waals surface area (Å²) in [4.78, 5) is 15.1. The van der Waals surface area contributed by atoms with Crippen molar-refractivity contribution in [1.29, 1.82) is 0 Å². The number of carbonyl (C=O) groups is 1. The second-order valence-corrected chi connectivity index (χ2v) is 6.18. The summed E-state index contributed by atoms with van der Waals surface area (Å²) >= 11 is 0. The lowest BCUT2D eigenvalue weighted by Gasteiger charge is -2.32. The van der Waals surface area contributed by atoms with Crippen LogP contribution in [-0.2, 0) is 16.8 Å². The van der Waals surface area contributed by atoms with Crippen LogP contribution in [0.25, 0.3) is 10.9 Å². The Labute approximate surface area is 130 Å². The predicted octanol–water partition coefficient (Wildman–Crippen LogP) is 3.67. The van der Waals surface area contributed by atoms with Crippen LogP contribution in [0.1, 0.15) is 60.6 Å². The van der Waals surface area contributed by atoms with Gasteiger partial charge < -0.3 is 14.8 Å². The number of aliphatic hydroxyl groups is 1. The smallest absolute Gasteiger partial charge is 0.337 e. The first-order valence-electron chi connectivity index (χ1n) is 8.05. The Morgan fingerprint density at radius 3 is 2.68 bits per heavy atom. The van der Waals surface area contributed by atoms with E-state index in [0.717, 1.165) is 54.3 Å². The van der Waals surface area contributed by atoms with E-state index in [2.05, 4.69) is 11.9 Å². The monoisotopic (exact) mass is 301 g/mol. The molecule has 4 nitrogen and oxygen atoms in total. The van der Waals surface area contributed by atoms with Gasteiger partial charge in [-0.1, -0.05) is 32.3 Å². The third-order valence-corrected chi connectivity index (χ3v) is 4.83. The van der Waals surface area contributed by atoms with E-state index < -0.39 is 5.60 Å². The minimum Gasteiger partial charge on any atom is -0.465 e. The van der Waals surface area contributed by atoms with Crippen molar-refractivity contribution >= 4 is 16.9 Å². The highest BCUT2D eigenvalue weighted by atomic mass is 16.5. The number of H-pyrrole nitrogens is 1. The first kappa shape index (κ1) is 15.1. The minimum absolute atomic E-state index is 0.340. The van der Waals surface area contributed by atoms with Crippen LogP contribution in [0.5, 0.6) is 0 Å². The van der Waals surface area contributed by atoms with Crippen LogP contribution in [0.15, 0.2) is 18.2 Å². The predicted molar refractivity (Wildman–Crippen MR) is 86.0 cm³/mol. The fourth-order valence-corrected chi connectivity index (χ4v) is 3.65. The fourth-order valence-electron chi connectivity index (χ4n) is 3.65. The Hall–Kier alpha value is -1.81. The minimum atomic E-state index is -0.756. The van der Waals surface area contributed by atoms with E-state index >= 15 is 0 Å². The molecule has 118 valence electrons. The molecule has 1 saturated carbocycles. The number of aromatic nitrogens is 1. The van der Waals surface area contributed by atoms with Gasteiger partial charge in [-0.05, 0) is 37.0 Å². The molecule has 1 aromatic heterocycles. The third-order valence-electron chi connectivity index (χ3n) is 4.83. The molecule has 0 saturated heterocycles. The zero-order valence-corrected chi connectivity index (χ0v) is 13.2. The summed E-state index contributed by atoms with van der Waals surface area (Å²) in [5.74, 6) is -0.340. The lowest BCUT2D eigenvalue weighted by Crippen LogP contribution is -2.29. The molecule has 0 radical (unpaired) electrons. The summed E-state index contributed by atoms with van der Waals surface area (Å²) in [6, 6.07) is 5.55. The zero-order valence-electron chi connectivity index (χ0n) is 13.2. The topological polar surface area (TPSA) is 62.3 Å². The number of aryl methyl sites for hydroxylation is 1. The molecule has 1 fully saturated rings. The van der Waals surface area contributed by atoms with Crippen LogP contribution < -0.4 is 0 Å². The number of nitrogens with one attached hydrogen (secondary N) is 1. The van der Waals surface area contributed by atoms with Crippen molar-refractivity contribution in [2.75, 3.05) is 7.11 Å². The van der Waals surface area contributed by atoms with Crippen molar-refractivity contribution in [3.05, 3.63) is 35.0 Å². The van der Waals surface area contributed by atoms with Crippen LogP contribution >= 0.6 is 0 Å². The van der Waals surface area contributed by atoms with Crippen molar-refractivity contribution in [2.45, 2.75) is 51.0 Å². The Bertz CT molecular complexity index is 696. The lowest BCUT2D eigenvalue weighted by atomic mass is 9.80. The summed E-state index contributed by atoms with van der Waals surface area (Å²) in [6.07, 6.45) is 5.77. The summed E-state index contributed by atoms with van der Waals surface area (Å²) in [5.41, 5.74) is 2.77. The third kappa shape index (κ3) is 2.41. The lowest BCUT2D eigenvalue weighted by molar-refractivity contribution is -0.00471. The highest BCUT2D eigenvalue weighted by molar-refractivity contribution is 5.95. The first-order chi connectivity index (χ1) is 10.6. The standard InChI is InChI=1S/C18H23NO3/c1-3-13-14-8-7-12(17(20)22-2)11-15(14)19-16(13)18(21)9-5-4-6-10-18/h7-8,11,19,21H,3-6,9-10H2,1-2H3. The Kier molecular flexibility index (Phi) is 3.96. The maximum atomic E-state index is 11.7. The van der Waals surface area contributed by atoms with Crippen LogP contribution in [0.2, 0.25) is 0 Å². The SMILES string of the molecule is CCc1c(C2(O)CCCCC2)[nH]c2cc(C(=O)OC)ccc12. The van der Waals surface area contributed by atoms with E-state index in [0.29, 0.717) is 5.56 Å². The largest absolute Gasteiger partial charge is 0.465 e. The molecular weight excluding hydrogens is 278 g/mol. The second kappa shape index (κ2) is 5.76. The van der Waals surface area contributed by atoms with Gasteiger partial charge in [-0.15, -0.1) is 0 Å². The second-order valence-electron chi connectivity index (χ2n) is 6.18. The summed E-state index contributed by atoms with van der Waals surface area (Å²) in [6.45, 7) is 2.10. The number of aromatic amines is 1. The van der Waals surface area contributed by atoms with E-state index in [9.17, 15) is 9.90 Å². The number of fused-ring (bicyclic) bond motifs is 1. The van der Waals surface area contributed by atoms with Gasteiger partial charge >= 0.3 is 5.97 Å². The van der Waals surface area contributed by atoms with Crippen LogP contribution in [0.4, 0.5) is 0 Å². The molecule has 2 N–H and O–H groups in total. The zero-order chi connectivity index (χ0) is 15.7. The molecule has 0 unspecified atom stereocenters. The van der Waals surface area contributed by atoms with Crippen molar-refractivity contribution in [1.82, 2.24) is 4.98 Å². The van der Waals surface area contributed by atoms with Crippen molar-refractivity contribution in [3.8, 4) is 0 Å². The molecule has 1 heterocycles. The van der Waals surface area contributed by atoms with Crippen LogP contribution in [0, 0.1) is 0 Å². The Morgan fingerprint density at radius 1 is 1.32 bits per heavy atom. The number of rotatable bonds is 3. The average molecular weight is 301 g/mol. The molecule has 0 spiro atoms. The summed E-state index contributed by atoms with van der Waals surface area (Å²) in [5, 5.41) is 12.1. The number of hydrogen-bond donors (Lipinski definition) is 2.